The number of hydrogen-bond donors (Lipinski definition) is 2. The number of fused-ring (bicyclic) bond motifs is 1. The largest absolute Gasteiger partial charge is 0.377 e. The molecule has 0 fully saturated rings. The van der Waals surface area contributed by atoms with Crippen LogP contribution in [0, 0.1) is 0 Å². The number of nitrogens with zero attached hydrogens (tertiary/aromatic N) is 1. The van der Waals surface area contributed by atoms with Gasteiger partial charge in [-0.3, -0.25) is 0 Å². The first kappa shape index (κ1) is 10.2. The molecule has 0 radical (unpaired) electrons. The Balaban J connectivity index is 2.59. The quantitative estimate of drug-likeness (QED) is 0.762. The SMILES string of the molecule is [2H]C([2H])([2H])N(c1cccc2c(S(=O)(=O)NCCCCN)cccc12)C([2H])([2H])[2H]. The maximum atomic E-state index is 12.7. The number of sulfonamides is 1. The molecule has 5 nitrogen and oxygen atoms in total. The Bertz CT molecular complexity index is 914. The monoisotopic (exact) mass is 327 g/mol. The highest BCUT2D eigenvalue weighted by molar-refractivity contribution is 7.89. The van der Waals surface area contributed by atoms with Crippen molar-refractivity contribution in [2.24, 2.45) is 5.73 Å². The summed E-state index contributed by atoms with van der Waals surface area (Å²) in [6.45, 7) is -5.20. The molecule has 0 aliphatic carbocycles. The molecule has 120 valence electrons. The first-order chi connectivity index (χ1) is 12.9. The Morgan fingerprint density at radius 2 is 1.86 bits per heavy atom. The first-order valence-electron chi connectivity index (χ1n) is 9.91. The third-order valence-electron chi connectivity index (χ3n) is 3.31. The molecule has 22 heavy (non-hydrogen) atoms. The minimum Gasteiger partial charge on any atom is -0.377 e. The predicted molar refractivity (Wildman–Crippen MR) is 91.8 cm³/mol. The molecule has 6 heteroatoms. The van der Waals surface area contributed by atoms with Crippen LogP contribution in [0.15, 0.2) is 41.3 Å². The van der Waals surface area contributed by atoms with Gasteiger partial charge in [0.15, 0.2) is 0 Å². The van der Waals surface area contributed by atoms with Gasteiger partial charge >= 0.3 is 0 Å². The summed E-state index contributed by atoms with van der Waals surface area (Å²) in [4.78, 5) is 0.309. The molecular formula is C16H23N3O2S. The lowest BCUT2D eigenvalue weighted by Crippen LogP contribution is -2.25. The molecule has 0 amide bonds. The van der Waals surface area contributed by atoms with Crippen molar-refractivity contribution in [3.63, 3.8) is 0 Å². The van der Waals surface area contributed by atoms with Crippen molar-refractivity contribution in [1.82, 2.24) is 4.72 Å². The lowest BCUT2D eigenvalue weighted by atomic mass is 10.1. The summed E-state index contributed by atoms with van der Waals surface area (Å²) in [6, 6.07) is 8.67. The number of nitrogens with one attached hydrogen (secondary N) is 1. The van der Waals surface area contributed by atoms with Crippen molar-refractivity contribution in [3.8, 4) is 0 Å². The molecule has 0 saturated heterocycles. The van der Waals surface area contributed by atoms with Gasteiger partial charge in [-0.2, -0.15) is 0 Å². The molecular weight excluding hydrogens is 298 g/mol. The van der Waals surface area contributed by atoms with Crippen LogP contribution in [0.2, 0.25) is 0 Å². The lowest BCUT2D eigenvalue weighted by molar-refractivity contribution is 0.578. The van der Waals surface area contributed by atoms with Gasteiger partial charge in [-0.25, -0.2) is 13.1 Å². The fourth-order valence-electron chi connectivity index (χ4n) is 2.25. The van der Waals surface area contributed by atoms with Crippen molar-refractivity contribution in [2.45, 2.75) is 17.7 Å². The van der Waals surface area contributed by atoms with Crippen LogP contribution in [-0.4, -0.2) is 35.5 Å². The van der Waals surface area contributed by atoms with Gasteiger partial charge in [0, 0.05) is 45.2 Å². The number of unbranched alkanes of at least 4 members (excludes halogenated alkanes) is 1. The fourth-order valence-corrected chi connectivity index (χ4v) is 3.54. The van der Waals surface area contributed by atoms with E-state index in [1.54, 1.807) is 0 Å². The average Bonchev–Trinajstić information content (AvgIpc) is 2.56. The van der Waals surface area contributed by atoms with Crippen LogP contribution < -0.4 is 15.4 Å². The van der Waals surface area contributed by atoms with Gasteiger partial charge in [-0.05, 0) is 31.5 Å². The minimum atomic E-state index is -3.87. The normalized spacial score (nSPS) is 17.0. The van der Waals surface area contributed by atoms with Gasteiger partial charge in [0.1, 0.15) is 0 Å². The fraction of sp³-hybridized carbons (Fsp3) is 0.375. The van der Waals surface area contributed by atoms with Crippen LogP contribution >= 0.6 is 0 Å². The summed E-state index contributed by atoms with van der Waals surface area (Å²) in [5.41, 5.74) is 5.32. The van der Waals surface area contributed by atoms with Crippen LogP contribution in [0.1, 0.15) is 21.1 Å². The Hall–Kier alpha value is -1.63. The minimum absolute atomic E-state index is 0.0457. The summed E-state index contributed by atoms with van der Waals surface area (Å²) in [7, 11) is -3.87. The maximum Gasteiger partial charge on any atom is 0.241 e. The Kier molecular flexibility index (Phi) is 3.29. The van der Waals surface area contributed by atoms with Crippen molar-refractivity contribution in [2.75, 3.05) is 31.9 Å². The van der Waals surface area contributed by atoms with Crippen LogP contribution in [0.5, 0.6) is 0 Å². The number of nitrogens with two attached hydrogens (primary N) is 1. The van der Waals surface area contributed by atoms with E-state index in [1.807, 2.05) is 0 Å². The van der Waals surface area contributed by atoms with Gasteiger partial charge in [-0.15, -0.1) is 0 Å². The zero-order valence-electron chi connectivity index (χ0n) is 18.0. The van der Waals surface area contributed by atoms with Gasteiger partial charge in [0.25, 0.3) is 0 Å². The molecule has 0 unspecified atom stereocenters. The number of rotatable bonds is 7. The second-order valence-electron chi connectivity index (χ2n) is 4.86. The van der Waals surface area contributed by atoms with E-state index in [0.29, 0.717) is 24.3 Å². The third kappa shape index (κ3) is 3.58. The van der Waals surface area contributed by atoms with E-state index in [2.05, 4.69) is 4.72 Å². The number of anilines is 1. The maximum absolute atomic E-state index is 12.7. The van der Waals surface area contributed by atoms with Gasteiger partial charge in [-0.1, -0.05) is 24.3 Å². The Morgan fingerprint density at radius 1 is 1.14 bits per heavy atom. The second-order valence-corrected chi connectivity index (χ2v) is 6.59. The molecule has 0 aliphatic rings. The third-order valence-corrected chi connectivity index (χ3v) is 4.83. The highest BCUT2D eigenvalue weighted by Crippen LogP contribution is 2.29. The van der Waals surface area contributed by atoms with Crippen molar-refractivity contribution in [1.29, 1.82) is 0 Å². The van der Waals surface area contributed by atoms with Crippen LogP contribution in [0.3, 0.4) is 0 Å². The van der Waals surface area contributed by atoms with Crippen LogP contribution in [0.25, 0.3) is 10.8 Å². The zero-order valence-corrected chi connectivity index (χ0v) is 12.9. The highest BCUT2D eigenvalue weighted by atomic mass is 32.2. The van der Waals surface area contributed by atoms with E-state index in [-0.39, 0.29) is 27.9 Å². The van der Waals surface area contributed by atoms with E-state index in [4.69, 9.17) is 14.0 Å². The smallest absolute Gasteiger partial charge is 0.241 e. The first-order valence-corrected chi connectivity index (χ1v) is 8.40. The lowest BCUT2D eigenvalue weighted by Gasteiger charge is -2.17. The molecule has 2 aromatic carbocycles. The van der Waals surface area contributed by atoms with E-state index in [1.165, 1.54) is 36.4 Å². The molecule has 0 bridgehead atoms. The highest BCUT2D eigenvalue weighted by Gasteiger charge is 2.17. The molecule has 0 saturated carbocycles. The zero-order chi connectivity index (χ0) is 21.2. The number of hydrogen-bond acceptors (Lipinski definition) is 4. The van der Waals surface area contributed by atoms with Gasteiger partial charge < -0.3 is 10.6 Å². The molecule has 0 aromatic heterocycles. The van der Waals surface area contributed by atoms with E-state index < -0.39 is 24.0 Å². The van der Waals surface area contributed by atoms with E-state index in [9.17, 15) is 8.42 Å². The van der Waals surface area contributed by atoms with Crippen LogP contribution in [0.4, 0.5) is 5.69 Å². The second kappa shape index (κ2) is 7.09. The standard InChI is InChI=1S/C16H23N3O2S/c1-19(2)15-9-5-8-14-13(15)7-6-10-16(14)22(20,21)18-12-4-3-11-17/h5-10,18H,3-4,11-12,17H2,1-2H3/i1D3,2D3. The molecule has 3 N–H and O–H groups in total. The van der Waals surface area contributed by atoms with Gasteiger partial charge in [0.05, 0.1) is 4.90 Å². The molecule has 0 atom stereocenters. The van der Waals surface area contributed by atoms with Crippen LogP contribution in [-0.2, 0) is 10.0 Å². The topological polar surface area (TPSA) is 75.4 Å². The molecule has 2 aromatic rings. The Labute approximate surface area is 140 Å². The molecule has 2 rings (SSSR count). The Morgan fingerprint density at radius 3 is 2.59 bits per heavy atom. The molecule has 0 spiro atoms. The summed E-state index contributed by atoms with van der Waals surface area (Å²) in [5.74, 6) is 0. The van der Waals surface area contributed by atoms with Crippen molar-refractivity contribution in [3.05, 3.63) is 36.4 Å². The predicted octanol–water partition coefficient (Wildman–Crippen LogP) is 1.92. The van der Waals surface area contributed by atoms with E-state index in [0.717, 1.165) is 0 Å². The number of benzene rings is 2. The summed E-state index contributed by atoms with van der Waals surface area (Å²) in [5, 5.41) is 0.462. The summed E-state index contributed by atoms with van der Waals surface area (Å²) >= 11 is 0. The molecule has 0 aliphatic heterocycles. The van der Waals surface area contributed by atoms with Crippen molar-refractivity contribution >= 4 is 26.5 Å². The molecule has 0 heterocycles. The van der Waals surface area contributed by atoms with Crippen molar-refractivity contribution < 1.29 is 16.6 Å². The average molecular weight is 327 g/mol. The summed E-state index contributed by atoms with van der Waals surface area (Å²) in [6.07, 6.45) is 1.26. The summed E-state index contributed by atoms with van der Waals surface area (Å²) < 4.78 is 73.6. The van der Waals surface area contributed by atoms with Gasteiger partial charge in [0.2, 0.25) is 10.0 Å². The van der Waals surface area contributed by atoms with E-state index >= 15 is 0 Å².